The molecule has 1 aliphatic heterocycles. The summed E-state index contributed by atoms with van der Waals surface area (Å²) in [5.74, 6) is 1.47. The van der Waals surface area contributed by atoms with E-state index in [-0.39, 0.29) is 0 Å². The van der Waals surface area contributed by atoms with Gasteiger partial charge in [0.05, 0.1) is 18.6 Å². The van der Waals surface area contributed by atoms with Crippen molar-refractivity contribution in [3.8, 4) is 11.3 Å². The largest absolute Gasteiger partial charge is 0.464 e. The minimum atomic E-state index is -0.474. The summed E-state index contributed by atoms with van der Waals surface area (Å²) < 4.78 is 10.6. The molecule has 2 N–H and O–H groups in total. The van der Waals surface area contributed by atoms with Crippen molar-refractivity contribution >= 4 is 40.8 Å². The van der Waals surface area contributed by atoms with E-state index >= 15 is 0 Å². The van der Waals surface area contributed by atoms with Crippen LogP contribution in [0.25, 0.3) is 11.3 Å². The van der Waals surface area contributed by atoms with Gasteiger partial charge in [0.2, 0.25) is 0 Å². The number of ether oxygens (including phenoxy) is 1. The number of furan rings is 1. The van der Waals surface area contributed by atoms with Gasteiger partial charge in [0.25, 0.3) is 0 Å². The van der Waals surface area contributed by atoms with Crippen molar-refractivity contribution in [3.63, 3.8) is 0 Å². The Kier molecular flexibility index (Phi) is 6.90. The van der Waals surface area contributed by atoms with E-state index in [1.807, 2.05) is 49.4 Å². The summed E-state index contributed by atoms with van der Waals surface area (Å²) in [6.07, 6.45) is 5.86. The molecule has 1 aliphatic rings. The molecular formula is C20H21ClN2O3S. The average molecular weight is 405 g/mol. The van der Waals surface area contributed by atoms with Crippen LogP contribution in [0.2, 0.25) is 0 Å². The van der Waals surface area contributed by atoms with Crippen LogP contribution in [0.5, 0.6) is 0 Å². The van der Waals surface area contributed by atoms with Crippen molar-refractivity contribution in [1.82, 2.24) is 0 Å². The Balaban J connectivity index is 1.75. The topological polar surface area (TPSA) is 63.5 Å². The molecule has 0 unspecified atom stereocenters. The van der Waals surface area contributed by atoms with Gasteiger partial charge in [-0.2, -0.15) is 0 Å². The van der Waals surface area contributed by atoms with Crippen molar-refractivity contribution in [3.05, 3.63) is 58.7 Å². The normalized spacial score (nSPS) is 13.6. The molecule has 0 saturated carbocycles. The van der Waals surface area contributed by atoms with Crippen LogP contribution in [0.4, 0.5) is 16.2 Å². The van der Waals surface area contributed by atoms with Crippen molar-refractivity contribution in [2.75, 3.05) is 29.5 Å². The Hall–Kier alpha value is -2.31. The number of benzene rings is 1. The highest BCUT2D eigenvalue weighted by molar-refractivity contribution is 8.03. The number of carbonyl (C=O) groups is 1. The van der Waals surface area contributed by atoms with E-state index in [0.717, 1.165) is 28.5 Å². The fraction of sp³-hybridized carbons (Fsp3) is 0.250. The van der Waals surface area contributed by atoms with Crippen molar-refractivity contribution in [2.45, 2.75) is 13.3 Å². The van der Waals surface area contributed by atoms with E-state index in [4.69, 9.17) is 20.8 Å². The standard InChI is InChI=1S/C20H21ClN2O3S/c1-2-9-26-20(24)23-18-8-6-15(11-17(18)19-4-3-10-25-19)22-12-16-7-5-14(21)13-27-16/h3-8,10-11,22H,2,9,12-13H2,1H3,(H,23,24). The molecule has 0 atom stereocenters. The van der Waals surface area contributed by atoms with Gasteiger partial charge in [0.15, 0.2) is 0 Å². The van der Waals surface area contributed by atoms with Crippen LogP contribution in [0.3, 0.4) is 0 Å². The van der Waals surface area contributed by atoms with Gasteiger partial charge in [-0.25, -0.2) is 4.79 Å². The van der Waals surface area contributed by atoms with Crippen LogP contribution in [0, 0.1) is 0 Å². The van der Waals surface area contributed by atoms with Gasteiger partial charge in [0.1, 0.15) is 5.76 Å². The molecule has 7 heteroatoms. The molecule has 0 aliphatic carbocycles. The third-order valence-corrected chi connectivity index (χ3v) is 5.32. The maximum Gasteiger partial charge on any atom is 0.411 e. The second kappa shape index (κ2) is 9.58. The van der Waals surface area contributed by atoms with Crippen LogP contribution in [0.1, 0.15) is 13.3 Å². The predicted octanol–water partition coefficient (Wildman–Crippen LogP) is 6.07. The number of allylic oxidation sites excluding steroid dienone is 2. The summed E-state index contributed by atoms with van der Waals surface area (Å²) in [4.78, 5) is 13.1. The van der Waals surface area contributed by atoms with Crippen molar-refractivity contribution < 1.29 is 13.9 Å². The molecule has 142 valence electrons. The minimum Gasteiger partial charge on any atom is -0.464 e. The average Bonchev–Trinajstić information content (AvgIpc) is 3.21. The first kappa shape index (κ1) is 19.5. The molecule has 2 heterocycles. The number of anilines is 2. The van der Waals surface area contributed by atoms with Gasteiger partial charge in [-0.05, 0) is 48.9 Å². The molecule has 1 amide bonds. The monoisotopic (exact) mass is 404 g/mol. The fourth-order valence-corrected chi connectivity index (χ4v) is 3.46. The van der Waals surface area contributed by atoms with Gasteiger partial charge in [0, 0.05) is 33.5 Å². The highest BCUT2D eigenvalue weighted by Crippen LogP contribution is 2.32. The van der Waals surface area contributed by atoms with E-state index < -0.39 is 6.09 Å². The number of thioether (sulfide) groups is 1. The number of rotatable bonds is 7. The molecule has 0 bridgehead atoms. The Morgan fingerprint density at radius 3 is 2.93 bits per heavy atom. The van der Waals surface area contributed by atoms with E-state index in [2.05, 4.69) is 10.6 Å². The molecule has 1 aromatic carbocycles. The summed E-state index contributed by atoms with van der Waals surface area (Å²) in [7, 11) is 0. The van der Waals surface area contributed by atoms with Crippen molar-refractivity contribution in [1.29, 1.82) is 0 Å². The van der Waals surface area contributed by atoms with E-state index in [1.54, 1.807) is 18.0 Å². The minimum absolute atomic E-state index is 0.382. The van der Waals surface area contributed by atoms with E-state index in [0.29, 0.717) is 24.6 Å². The molecular weight excluding hydrogens is 384 g/mol. The zero-order chi connectivity index (χ0) is 19.1. The summed E-state index contributed by atoms with van der Waals surface area (Å²) in [5, 5.41) is 7.04. The molecule has 0 saturated heterocycles. The zero-order valence-electron chi connectivity index (χ0n) is 15.0. The lowest BCUT2D eigenvalue weighted by atomic mass is 10.1. The Bertz CT molecular complexity index is 847. The summed E-state index contributed by atoms with van der Waals surface area (Å²) in [6.45, 7) is 3.03. The first-order valence-electron chi connectivity index (χ1n) is 8.69. The maximum atomic E-state index is 11.9. The second-order valence-corrected chi connectivity index (χ2v) is 7.47. The molecule has 0 spiro atoms. The molecule has 3 rings (SSSR count). The van der Waals surface area contributed by atoms with Gasteiger partial charge >= 0.3 is 6.09 Å². The number of halogens is 1. The smallest absolute Gasteiger partial charge is 0.411 e. The van der Waals surface area contributed by atoms with Crippen LogP contribution < -0.4 is 10.6 Å². The molecule has 1 aromatic heterocycles. The van der Waals surface area contributed by atoms with Gasteiger partial charge < -0.3 is 14.5 Å². The van der Waals surface area contributed by atoms with Gasteiger partial charge in [-0.3, -0.25) is 5.32 Å². The third kappa shape index (κ3) is 5.58. The van der Waals surface area contributed by atoms with Crippen LogP contribution in [0.15, 0.2) is 63.1 Å². The number of amides is 1. The van der Waals surface area contributed by atoms with Gasteiger partial charge in [-0.15, -0.1) is 11.8 Å². The van der Waals surface area contributed by atoms with Crippen LogP contribution in [-0.4, -0.2) is 25.0 Å². The lowest BCUT2D eigenvalue weighted by Gasteiger charge is -2.15. The summed E-state index contributed by atoms with van der Waals surface area (Å²) >= 11 is 7.71. The molecule has 5 nitrogen and oxygen atoms in total. The fourth-order valence-electron chi connectivity index (χ4n) is 2.48. The third-order valence-electron chi connectivity index (χ3n) is 3.79. The number of carbonyl (C=O) groups excluding carboxylic acids is 1. The van der Waals surface area contributed by atoms with Crippen LogP contribution >= 0.6 is 23.4 Å². The first-order valence-corrected chi connectivity index (χ1v) is 10.1. The Labute approximate surface area is 167 Å². The number of hydrogen-bond acceptors (Lipinski definition) is 5. The predicted molar refractivity (Wildman–Crippen MR) is 112 cm³/mol. The summed E-state index contributed by atoms with van der Waals surface area (Å²) in [6, 6.07) is 9.37. The van der Waals surface area contributed by atoms with E-state index in [1.165, 1.54) is 4.91 Å². The highest BCUT2D eigenvalue weighted by atomic mass is 35.5. The Morgan fingerprint density at radius 1 is 1.33 bits per heavy atom. The summed E-state index contributed by atoms with van der Waals surface area (Å²) in [5.41, 5.74) is 2.35. The second-order valence-electron chi connectivity index (χ2n) is 5.89. The maximum absolute atomic E-state index is 11.9. The van der Waals surface area contributed by atoms with Crippen LogP contribution in [-0.2, 0) is 4.74 Å². The zero-order valence-corrected chi connectivity index (χ0v) is 16.5. The molecule has 2 aromatic rings. The quantitative estimate of drug-likeness (QED) is 0.586. The van der Waals surface area contributed by atoms with E-state index in [9.17, 15) is 4.79 Å². The number of nitrogens with one attached hydrogen (secondary N) is 2. The van der Waals surface area contributed by atoms with Crippen molar-refractivity contribution in [2.24, 2.45) is 0 Å². The number of hydrogen-bond donors (Lipinski definition) is 2. The lowest BCUT2D eigenvalue weighted by molar-refractivity contribution is 0.161. The lowest BCUT2D eigenvalue weighted by Crippen LogP contribution is -2.15. The molecule has 0 radical (unpaired) electrons. The van der Waals surface area contributed by atoms with Gasteiger partial charge in [-0.1, -0.05) is 18.5 Å². The first-order chi connectivity index (χ1) is 13.2. The SMILES string of the molecule is CCCOC(=O)Nc1ccc(NCC2=CC=C(Cl)CS2)cc1-c1ccco1. The highest BCUT2D eigenvalue weighted by Gasteiger charge is 2.13. The Morgan fingerprint density at radius 2 is 2.22 bits per heavy atom. The molecule has 0 fully saturated rings. The molecule has 27 heavy (non-hydrogen) atoms.